The summed E-state index contributed by atoms with van der Waals surface area (Å²) in [6.07, 6.45) is 0. The van der Waals surface area contributed by atoms with Gasteiger partial charge in [0.05, 0.1) is 0 Å². The van der Waals surface area contributed by atoms with Crippen LogP contribution in [0.3, 0.4) is 0 Å². The second kappa shape index (κ2) is 7.85. The van der Waals surface area contributed by atoms with Crippen molar-refractivity contribution in [2.24, 2.45) is 0 Å². The van der Waals surface area contributed by atoms with Crippen LogP contribution < -0.4 is 15.8 Å². The smallest absolute Gasteiger partial charge is 0.273 e. The standard InChI is InChI=1S/C18H15Cl2FN4O2/c1-9-24-16(17(20)25-9)18(26)23-8-10-3-2-4-14(15(10)21)27-13-6-11(19)5-12(22)7-13/h2-7H,8,22H2,1H3,(H,23,26)(H,24,25). The van der Waals surface area contributed by atoms with E-state index in [9.17, 15) is 9.18 Å². The highest BCUT2D eigenvalue weighted by Crippen LogP contribution is 2.30. The SMILES string of the molecule is Cc1nc(C(=O)NCc2cccc(Oc3cc(N)cc(Cl)c3)c2F)c(Cl)[nH]1. The molecule has 2 aromatic carbocycles. The average molecular weight is 409 g/mol. The number of aromatic nitrogens is 2. The summed E-state index contributed by atoms with van der Waals surface area (Å²) in [6.45, 7) is 1.60. The maximum Gasteiger partial charge on any atom is 0.273 e. The van der Waals surface area contributed by atoms with Crippen LogP contribution in [0.5, 0.6) is 11.5 Å². The van der Waals surface area contributed by atoms with Gasteiger partial charge >= 0.3 is 0 Å². The number of anilines is 1. The number of hydrogen-bond acceptors (Lipinski definition) is 4. The predicted octanol–water partition coefficient (Wildman–Crippen LogP) is 4.47. The number of rotatable bonds is 5. The number of H-pyrrole nitrogens is 1. The highest BCUT2D eigenvalue weighted by atomic mass is 35.5. The molecular formula is C18H15Cl2FN4O2. The van der Waals surface area contributed by atoms with E-state index in [2.05, 4.69) is 15.3 Å². The monoisotopic (exact) mass is 408 g/mol. The van der Waals surface area contributed by atoms with Crippen molar-refractivity contribution in [2.45, 2.75) is 13.5 Å². The first kappa shape index (κ1) is 19.0. The second-order valence-electron chi connectivity index (χ2n) is 5.72. The van der Waals surface area contributed by atoms with E-state index >= 15 is 0 Å². The number of nitrogens with one attached hydrogen (secondary N) is 2. The van der Waals surface area contributed by atoms with Crippen LogP contribution in [-0.4, -0.2) is 15.9 Å². The molecule has 0 fully saturated rings. The van der Waals surface area contributed by atoms with Crippen LogP contribution in [0.25, 0.3) is 0 Å². The molecule has 3 aromatic rings. The summed E-state index contributed by atoms with van der Waals surface area (Å²) in [7, 11) is 0. The van der Waals surface area contributed by atoms with E-state index in [1.165, 1.54) is 24.3 Å². The van der Waals surface area contributed by atoms with Crippen molar-refractivity contribution in [3.63, 3.8) is 0 Å². The predicted molar refractivity (Wildman–Crippen MR) is 102 cm³/mol. The van der Waals surface area contributed by atoms with Crippen LogP contribution in [0, 0.1) is 12.7 Å². The molecule has 0 aliphatic rings. The highest BCUT2D eigenvalue weighted by molar-refractivity contribution is 6.32. The van der Waals surface area contributed by atoms with Crippen LogP contribution in [0.4, 0.5) is 10.1 Å². The quantitative estimate of drug-likeness (QED) is 0.542. The van der Waals surface area contributed by atoms with Gasteiger partial charge in [-0.25, -0.2) is 9.37 Å². The van der Waals surface area contributed by atoms with Gasteiger partial charge in [-0.15, -0.1) is 0 Å². The lowest BCUT2D eigenvalue weighted by molar-refractivity contribution is 0.0946. The summed E-state index contributed by atoms with van der Waals surface area (Å²) in [5.41, 5.74) is 6.39. The molecule has 0 aliphatic carbocycles. The Balaban J connectivity index is 1.74. The van der Waals surface area contributed by atoms with Gasteiger partial charge in [0.2, 0.25) is 0 Å². The van der Waals surface area contributed by atoms with E-state index < -0.39 is 11.7 Å². The Morgan fingerprint density at radius 1 is 1.33 bits per heavy atom. The molecule has 6 nitrogen and oxygen atoms in total. The Hall–Kier alpha value is -2.77. The summed E-state index contributed by atoms with van der Waals surface area (Å²) >= 11 is 11.8. The normalized spacial score (nSPS) is 10.7. The maximum atomic E-state index is 14.7. The molecule has 27 heavy (non-hydrogen) atoms. The van der Waals surface area contributed by atoms with Crippen molar-refractivity contribution in [1.29, 1.82) is 0 Å². The Kier molecular flexibility index (Phi) is 5.53. The van der Waals surface area contributed by atoms with Gasteiger partial charge in [0.25, 0.3) is 5.91 Å². The van der Waals surface area contributed by atoms with Crippen LogP contribution in [0.1, 0.15) is 21.9 Å². The molecule has 9 heteroatoms. The van der Waals surface area contributed by atoms with Gasteiger partial charge in [-0.3, -0.25) is 4.79 Å². The van der Waals surface area contributed by atoms with E-state index in [4.69, 9.17) is 33.7 Å². The summed E-state index contributed by atoms with van der Waals surface area (Å²) in [4.78, 5) is 18.9. The number of aromatic amines is 1. The molecule has 0 spiro atoms. The molecule has 0 unspecified atom stereocenters. The molecule has 1 aromatic heterocycles. The third-order valence-corrected chi connectivity index (χ3v) is 4.09. The zero-order valence-corrected chi connectivity index (χ0v) is 15.7. The van der Waals surface area contributed by atoms with Crippen LogP contribution in [0.2, 0.25) is 10.2 Å². The van der Waals surface area contributed by atoms with Crippen molar-refractivity contribution in [3.05, 3.63) is 69.5 Å². The Morgan fingerprint density at radius 3 is 2.78 bits per heavy atom. The van der Waals surface area contributed by atoms with E-state index in [1.54, 1.807) is 19.1 Å². The molecule has 0 radical (unpaired) electrons. The number of benzene rings is 2. The summed E-state index contributed by atoms with van der Waals surface area (Å²) in [6, 6.07) is 9.21. The first-order chi connectivity index (χ1) is 12.8. The number of nitrogen functional groups attached to an aromatic ring is 1. The fourth-order valence-corrected chi connectivity index (χ4v) is 2.91. The van der Waals surface area contributed by atoms with Gasteiger partial charge in [0.15, 0.2) is 17.3 Å². The third-order valence-electron chi connectivity index (χ3n) is 3.60. The lowest BCUT2D eigenvalue weighted by Gasteiger charge is -2.11. The Bertz CT molecular complexity index is 987. The molecule has 0 saturated heterocycles. The molecule has 1 amide bonds. The number of aryl methyl sites for hydroxylation is 1. The number of ether oxygens (including phenoxy) is 1. The topological polar surface area (TPSA) is 93.0 Å². The molecule has 3 rings (SSSR count). The Labute approximate surface area is 164 Å². The molecule has 1 heterocycles. The summed E-state index contributed by atoms with van der Waals surface area (Å²) in [5, 5.41) is 3.08. The number of carbonyl (C=O) groups is 1. The van der Waals surface area contributed by atoms with Crippen LogP contribution in [0.15, 0.2) is 36.4 Å². The molecule has 0 bridgehead atoms. The number of nitrogens with zero attached hydrogens (tertiary/aromatic N) is 1. The molecule has 0 saturated carbocycles. The first-order valence-electron chi connectivity index (χ1n) is 7.85. The van der Waals surface area contributed by atoms with Gasteiger partial charge in [-0.1, -0.05) is 35.3 Å². The second-order valence-corrected chi connectivity index (χ2v) is 6.53. The Morgan fingerprint density at radius 2 is 2.11 bits per heavy atom. The van der Waals surface area contributed by atoms with Gasteiger partial charge in [-0.2, -0.15) is 0 Å². The van der Waals surface area contributed by atoms with Gasteiger partial charge in [-0.05, 0) is 25.1 Å². The molecular weight excluding hydrogens is 394 g/mol. The average Bonchev–Trinajstić information content (AvgIpc) is 2.93. The summed E-state index contributed by atoms with van der Waals surface area (Å²) < 4.78 is 20.2. The van der Waals surface area contributed by atoms with Crippen LogP contribution >= 0.6 is 23.2 Å². The maximum absolute atomic E-state index is 14.7. The van der Waals surface area contributed by atoms with Gasteiger partial charge in [0, 0.05) is 28.9 Å². The number of nitrogens with two attached hydrogens (primary N) is 1. The minimum Gasteiger partial charge on any atom is -0.454 e. The molecule has 0 atom stereocenters. The third kappa shape index (κ3) is 4.50. The van der Waals surface area contributed by atoms with Crippen molar-refractivity contribution < 1.29 is 13.9 Å². The number of carbonyl (C=O) groups excluding carboxylic acids is 1. The fourth-order valence-electron chi connectivity index (χ4n) is 2.41. The van der Waals surface area contributed by atoms with Crippen molar-refractivity contribution >= 4 is 34.8 Å². The van der Waals surface area contributed by atoms with E-state index in [-0.39, 0.29) is 28.7 Å². The fraction of sp³-hybridized carbons (Fsp3) is 0.111. The molecule has 140 valence electrons. The van der Waals surface area contributed by atoms with Gasteiger partial charge in [0.1, 0.15) is 16.7 Å². The number of imidazole rings is 1. The summed E-state index contributed by atoms with van der Waals surface area (Å²) in [5.74, 6) is -0.332. The minimum absolute atomic E-state index is 0.0166. The van der Waals surface area contributed by atoms with Crippen molar-refractivity contribution in [3.8, 4) is 11.5 Å². The lowest BCUT2D eigenvalue weighted by Crippen LogP contribution is -2.24. The number of amides is 1. The number of hydrogen-bond donors (Lipinski definition) is 3. The first-order valence-corrected chi connectivity index (χ1v) is 8.60. The van der Waals surface area contributed by atoms with Crippen LogP contribution in [-0.2, 0) is 6.54 Å². The molecule has 4 N–H and O–H groups in total. The van der Waals surface area contributed by atoms with E-state index in [0.29, 0.717) is 22.3 Å². The largest absolute Gasteiger partial charge is 0.454 e. The van der Waals surface area contributed by atoms with Crippen molar-refractivity contribution in [2.75, 3.05) is 5.73 Å². The van der Waals surface area contributed by atoms with E-state index in [1.807, 2.05) is 0 Å². The zero-order valence-electron chi connectivity index (χ0n) is 14.1. The van der Waals surface area contributed by atoms with Crippen molar-refractivity contribution in [1.82, 2.24) is 15.3 Å². The molecule has 0 aliphatic heterocycles. The number of halogens is 3. The highest BCUT2D eigenvalue weighted by Gasteiger charge is 2.16. The van der Waals surface area contributed by atoms with E-state index in [0.717, 1.165) is 0 Å². The zero-order chi connectivity index (χ0) is 19.6. The minimum atomic E-state index is -0.611. The lowest BCUT2D eigenvalue weighted by atomic mass is 10.2. The van der Waals surface area contributed by atoms with Gasteiger partial charge < -0.3 is 20.8 Å².